The number of hydrogen-bond acceptors (Lipinski definition) is 4. The Morgan fingerprint density at radius 2 is 2.27 bits per heavy atom. The van der Waals surface area contributed by atoms with Crippen LogP contribution in [0, 0.1) is 0 Å². The minimum absolute atomic E-state index is 0.359. The number of anilines is 2. The largest absolute Gasteiger partial charge is 0.368 e. The van der Waals surface area contributed by atoms with Gasteiger partial charge < -0.3 is 11.1 Å². The maximum absolute atomic E-state index is 5.73. The van der Waals surface area contributed by atoms with E-state index in [0.29, 0.717) is 11.9 Å². The highest BCUT2D eigenvalue weighted by atomic mass is 79.9. The lowest BCUT2D eigenvalue weighted by Crippen LogP contribution is -2.02. The summed E-state index contributed by atoms with van der Waals surface area (Å²) < 4.78 is 2.55. The minimum Gasteiger partial charge on any atom is -0.368 e. The molecule has 15 heavy (non-hydrogen) atoms. The van der Waals surface area contributed by atoms with Crippen LogP contribution in [0.4, 0.5) is 11.9 Å². The van der Waals surface area contributed by atoms with Crippen LogP contribution in [0.1, 0.15) is 0 Å². The molecule has 0 aliphatic rings. The van der Waals surface area contributed by atoms with Crippen molar-refractivity contribution in [2.45, 2.75) is 0 Å². The zero-order valence-corrected chi connectivity index (χ0v) is 9.69. The first-order valence-corrected chi connectivity index (χ1v) is 5.16. The maximum atomic E-state index is 5.73. The molecule has 0 aliphatic heterocycles. The quantitative estimate of drug-likeness (QED) is 0.869. The molecule has 0 spiro atoms. The molecular formula is C9H10BrN5. The lowest BCUT2D eigenvalue weighted by atomic mass is 10.3. The first-order chi connectivity index (χ1) is 7.20. The third-order valence-corrected chi connectivity index (χ3v) is 2.40. The number of aromatic nitrogens is 3. The Labute approximate surface area is 95.4 Å². The number of benzene rings is 1. The molecule has 0 saturated heterocycles. The fourth-order valence-corrected chi connectivity index (χ4v) is 1.62. The average molecular weight is 268 g/mol. The van der Waals surface area contributed by atoms with E-state index in [9.17, 15) is 0 Å². The Hall–Kier alpha value is -1.56. The van der Waals surface area contributed by atoms with Gasteiger partial charge in [-0.05, 0) is 18.2 Å². The van der Waals surface area contributed by atoms with E-state index < -0.39 is 0 Å². The number of rotatable bonds is 2. The molecule has 6 heteroatoms. The molecule has 0 fully saturated rings. The second kappa shape index (κ2) is 3.90. The Balaban J connectivity index is 2.48. The second-order valence-electron chi connectivity index (χ2n) is 2.94. The highest BCUT2D eigenvalue weighted by Gasteiger charge is 2.07. The van der Waals surface area contributed by atoms with Crippen molar-refractivity contribution in [2.75, 3.05) is 18.1 Å². The van der Waals surface area contributed by atoms with Crippen LogP contribution in [0.3, 0.4) is 0 Å². The minimum atomic E-state index is 0.359. The fourth-order valence-electron chi connectivity index (χ4n) is 1.23. The normalized spacial score (nSPS) is 10.3. The van der Waals surface area contributed by atoms with Gasteiger partial charge in [0.05, 0.1) is 5.69 Å². The average Bonchev–Trinajstić information content (AvgIpc) is 2.60. The van der Waals surface area contributed by atoms with E-state index in [1.54, 1.807) is 11.7 Å². The van der Waals surface area contributed by atoms with E-state index in [1.165, 1.54) is 0 Å². The summed E-state index contributed by atoms with van der Waals surface area (Å²) in [6.07, 6.45) is 0. The van der Waals surface area contributed by atoms with Gasteiger partial charge in [-0.15, -0.1) is 5.10 Å². The van der Waals surface area contributed by atoms with Crippen LogP contribution < -0.4 is 11.1 Å². The summed E-state index contributed by atoms with van der Waals surface area (Å²) in [5.74, 6) is 0.866. The number of halogens is 1. The molecule has 1 aromatic heterocycles. The molecule has 2 aromatic rings. The number of nitrogen functional groups attached to an aromatic ring is 1. The summed E-state index contributed by atoms with van der Waals surface area (Å²) in [4.78, 5) is 4.04. The summed E-state index contributed by atoms with van der Waals surface area (Å²) in [6.45, 7) is 0. The molecule has 0 amide bonds. The second-order valence-corrected chi connectivity index (χ2v) is 3.85. The van der Waals surface area contributed by atoms with Gasteiger partial charge in [0.25, 0.3) is 0 Å². The lowest BCUT2D eigenvalue weighted by molar-refractivity contribution is 0.892. The first-order valence-electron chi connectivity index (χ1n) is 4.37. The molecule has 0 atom stereocenters. The third kappa shape index (κ3) is 1.94. The highest BCUT2D eigenvalue weighted by Crippen LogP contribution is 2.17. The lowest BCUT2D eigenvalue weighted by Gasteiger charge is -2.01. The van der Waals surface area contributed by atoms with Crippen molar-refractivity contribution in [3.8, 4) is 5.69 Å². The van der Waals surface area contributed by atoms with Crippen molar-refractivity contribution >= 4 is 27.8 Å². The molecule has 0 bridgehead atoms. The van der Waals surface area contributed by atoms with Crippen LogP contribution in [-0.2, 0) is 0 Å². The van der Waals surface area contributed by atoms with Crippen LogP contribution in [0.2, 0.25) is 0 Å². The van der Waals surface area contributed by atoms with E-state index in [1.807, 2.05) is 24.3 Å². The number of hydrogen-bond donors (Lipinski definition) is 2. The van der Waals surface area contributed by atoms with Crippen molar-refractivity contribution < 1.29 is 0 Å². The molecule has 0 aliphatic carbocycles. The predicted molar refractivity (Wildman–Crippen MR) is 63.0 cm³/mol. The highest BCUT2D eigenvalue weighted by molar-refractivity contribution is 9.10. The van der Waals surface area contributed by atoms with E-state index in [0.717, 1.165) is 10.2 Å². The van der Waals surface area contributed by atoms with Crippen molar-refractivity contribution in [2.24, 2.45) is 0 Å². The fraction of sp³-hybridized carbons (Fsp3) is 0.111. The van der Waals surface area contributed by atoms with E-state index in [-0.39, 0.29) is 0 Å². The molecule has 0 saturated carbocycles. The Bertz CT molecular complexity index is 479. The van der Waals surface area contributed by atoms with Crippen LogP contribution >= 0.6 is 15.9 Å². The zero-order valence-electron chi connectivity index (χ0n) is 8.11. The topological polar surface area (TPSA) is 68.8 Å². The van der Waals surface area contributed by atoms with E-state index in [4.69, 9.17) is 5.73 Å². The summed E-state index contributed by atoms with van der Waals surface area (Å²) in [7, 11) is 1.75. The monoisotopic (exact) mass is 267 g/mol. The van der Waals surface area contributed by atoms with Gasteiger partial charge in [-0.25, -0.2) is 0 Å². The van der Waals surface area contributed by atoms with Crippen LogP contribution in [0.5, 0.6) is 0 Å². The van der Waals surface area contributed by atoms with Gasteiger partial charge in [-0.3, -0.25) is 0 Å². The summed E-state index contributed by atoms with van der Waals surface area (Å²) >= 11 is 3.39. The summed E-state index contributed by atoms with van der Waals surface area (Å²) in [5.41, 5.74) is 6.60. The van der Waals surface area contributed by atoms with E-state index in [2.05, 4.69) is 31.3 Å². The molecular weight excluding hydrogens is 258 g/mol. The maximum Gasteiger partial charge on any atom is 0.244 e. The standard InChI is InChI=1S/C9H10BrN5/c1-12-9-13-8(11)15(14-9)7-4-2-3-6(10)5-7/h2-5H,1H3,(H3,11,12,13,14). The Morgan fingerprint density at radius 3 is 2.87 bits per heavy atom. The number of nitrogens with two attached hydrogens (primary N) is 1. The van der Waals surface area contributed by atoms with Crippen molar-refractivity contribution in [3.05, 3.63) is 28.7 Å². The van der Waals surface area contributed by atoms with Crippen molar-refractivity contribution in [1.29, 1.82) is 0 Å². The van der Waals surface area contributed by atoms with Gasteiger partial charge in [0.1, 0.15) is 0 Å². The van der Waals surface area contributed by atoms with Gasteiger partial charge in [0.2, 0.25) is 11.9 Å². The summed E-state index contributed by atoms with van der Waals surface area (Å²) in [6, 6.07) is 7.69. The smallest absolute Gasteiger partial charge is 0.244 e. The molecule has 5 nitrogen and oxygen atoms in total. The summed E-state index contributed by atoms with van der Waals surface area (Å²) in [5, 5.41) is 7.03. The molecule has 2 rings (SSSR count). The number of nitrogens with zero attached hydrogens (tertiary/aromatic N) is 3. The van der Waals surface area contributed by atoms with Crippen molar-refractivity contribution in [1.82, 2.24) is 14.8 Å². The van der Waals surface area contributed by atoms with Crippen molar-refractivity contribution in [3.63, 3.8) is 0 Å². The zero-order chi connectivity index (χ0) is 10.8. The van der Waals surface area contributed by atoms with Gasteiger partial charge in [-0.1, -0.05) is 22.0 Å². The van der Waals surface area contributed by atoms with Gasteiger partial charge in [0.15, 0.2) is 0 Å². The molecule has 1 heterocycles. The molecule has 3 N–H and O–H groups in total. The van der Waals surface area contributed by atoms with Crippen LogP contribution in [-0.4, -0.2) is 21.8 Å². The molecule has 0 radical (unpaired) electrons. The number of nitrogens with one attached hydrogen (secondary N) is 1. The Kier molecular flexibility index (Phi) is 2.59. The predicted octanol–water partition coefficient (Wildman–Crippen LogP) is 1.65. The molecule has 0 unspecified atom stereocenters. The van der Waals surface area contributed by atoms with Gasteiger partial charge >= 0.3 is 0 Å². The molecule has 78 valence electrons. The SMILES string of the molecule is CNc1nc(N)n(-c2cccc(Br)c2)n1. The Morgan fingerprint density at radius 1 is 1.47 bits per heavy atom. The van der Waals surface area contributed by atoms with E-state index >= 15 is 0 Å². The van der Waals surface area contributed by atoms with Gasteiger partial charge in [0, 0.05) is 11.5 Å². The molecule has 1 aromatic carbocycles. The van der Waals surface area contributed by atoms with Crippen LogP contribution in [0.25, 0.3) is 5.69 Å². The van der Waals surface area contributed by atoms with Gasteiger partial charge in [-0.2, -0.15) is 9.67 Å². The third-order valence-electron chi connectivity index (χ3n) is 1.91. The first kappa shape index (κ1) is 9.97. The van der Waals surface area contributed by atoms with Crippen LogP contribution in [0.15, 0.2) is 28.7 Å².